The van der Waals surface area contributed by atoms with Crippen LogP contribution in [-0.2, 0) is 21.5 Å². The van der Waals surface area contributed by atoms with Crippen molar-refractivity contribution in [3.8, 4) is 0 Å². The molecule has 1 N–H and O–H groups in total. The maximum Gasteiger partial charge on any atom is 0.327 e. The van der Waals surface area contributed by atoms with Crippen LogP contribution in [-0.4, -0.2) is 22.9 Å². The number of esters is 1. The van der Waals surface area contributed by atoms with Gasteiger partial charge in [-0.25, -0.2) is 4.68 Å². The van der Waals surface area contributed by atoms with E-state index in [1.807, 2.05) is 20.8 Å². The number of nitrogens with zero attached hydrogens (tertiary/aromatic N) is 1. The highest BCUT2D eigenvalue weighted by Crippen LogP contribution is 2.17. The molecule has 0 saturated heterocycles. The Balaban J connectivity index is 2.97. The molecule has 15 heavy (non-hydrogen) atoms. The maximum absolute atomic E-state index is 11.5. The minimum Gasteiger partial charge on any atom is -0.468 e. The highest BCUT2D eigenvalue weighted by Gasteiger charge is 2.18. The van der Waals surface area contributed by atoms with Gasteiger partial charge in [-0.1, -0.05) is 20.8 Å². The molecule has 0 aliphatic heterocycles. The van der Waals surface area contributed by atoms with Crippen molar-refractivity contribution in [1.82, 2.24) is 9.78 Å². The lowest BCUT2D eigenvalue weighted by Crippen LogP contribution is -2.22. The van der Waals surface area contributed by atoms with Gasteiger partial charge in [0.2, 0.25) is 0 Å². The first-order valence-corrected chi connectivity index (χ1v) is 4.71. The highest BCUT2D eigenvalue weighted by atomic mass is 16.5. The van der Waals surface area contributed by atoms with Crippen molar-refractivity contribution < 1.29 is 9.53 Å². The van der Waals surface area contributed by atoms with E-state index in [0.717, 1.165) is 5.69 Å². The van der Waals surface area contributed by atoms with Crippen molar-refractivity contribution in [1.29, 1.82) is 0 Å². The summed E-state index contributed by atoms with van der Waals surface area (Å²) in [4.78, 5) is 22.5. The number of carbonyl (C=O) groups is 1. The fraction of sp³-hybridized carbons (Fsp3) is 0.600. The zero-order valence-electron chi connectivity index (χ0n) is 9.46. The van der Waals surface area contributed by atoms with Crippen LogP contribution in [0, 0.1) is 0 Å². The summed E-state index contributed by atoms with van der Waals surface area (Å²) in [5.41, 5.74) is 0.447. The summed E-state index contributed by atoms with van der Waals surface area (Å²) in [6.45, 7) is 5.88. The van der Waals surface area contributed by atoms with Crippen LogP contribution in [0.15, 0.2) is 10.9 Å². The van der Waals surface area contributed by atoms with Gasteiger partial charge in [-0.2, -0.15) is 0 Å². The first-order chi connectivity index (χ1) is 6.84. The molecule has 0 aromatic carbocycles. The van der Waals surface area contributed by atoms with Crippen LogP contribution < -0.4 is 5.56 Å². The van der Waals surface area contributed by atoms with Crippen molar-refractivity contribution in [2.75, 3.05) is 7.11 Å². The van der Waals surface area contributed by atoms with Crippen LogP contribution in [0.5, 0.6) is 0 Å². The van der Waals surface area contributed by atoms with E-state index in [4.69, 9.17) is 0 Å². The van der Waals surface area contributed by atoms with E-state index in [-0.39, 0.29) is 17.5 Å². The van der Waals surface area contributed by atoms with E-state index in [1.54, 1.807) is 0 Å². The van der Waals surface area contributed by atoms with E-state index in [0.29, 0.717) is 0 Å². The van der Waals surface area contributed by atoms with Gasteiger partial charge < -0.3 is 4.74 Å². The monoisotopic (exact) mass is 212 g/mol. The quantitative estimate of drug-likeness (QED) is 0.732. The molecule has 0 saturated carbocycles. The predicted molar refractivity (Wildman–Crippen MR) is 55.8 cm³/mol. The number of hydrogen-bond acceptors (Lipinski definition) is 3. The fourth-order valence-electron chi connectivity index (χ4n) is 1.13. The minimum absolute atomic E-state index is 0.0780. The lowest BCUT2D eigenvalue weighted by atomic mass is 9.93. The van der Waals surface area contributed by atoms with E-state index in [9.17, 15) is 9.59 Å². The number of ether oxygens (including phenoxy) is 1. The lowest BCUT2D eigenvalue weighted by molar-refractivity contribution is -0.141. The van der Waals surface area contributed by atoms with Crippen LogP contribution in [0.4, 0.5) is 0 Å². The molecule has 84 valence electrons. The average Bonchev–Trinajstić information content (AvgIpc) is 2.47. The van der Waals surface area contributed by atoms with Crippen LogP contribution in [0.2, 0.25) is 0 Å². The average molecular weight is 212 g/mol. The molecule has 5 nitrogen and oxygen atoms in total. The summed E-state index contributed by atoms with van der Waals surface area (Å²) in [5, 5.41) is 2.89. The van der Waals surface area contributed by atoms with Crippen LogP contribution in [0.1, 0.15) is 26.5 Å². The maximum atomic E-state index is 11.5. The van der Waals surface area contributed by atoms with Crippen molar-refractivity contribution in [3.05, 3.63) is 22.1 Å². The number of nitrogens with one attached hydrogen (secondary N) is 1. The van der Waals surface area contributed by atoms with Gasteiger partial charge in [-0.3, -0.25) is 14.7 Å². The molecule has 5 heteroatoms. The van der Waals surface area contributed by atoms with Gasteiger partial charge in [0.15, 0.2) is 0 Å². The third-order valence-electron chi connectivity index (χ3n) is 2.11. The number of hydrogen-bond donors (Lipinski definition) is 1. The van der Waals surface area contributed by atoms with E-state index in [2.05, 4.69) is 9.84 Å². The van der Waals surface area contributed by atoms with Gasteiger partial charge in [-0.15, -0.1) is 0 Å². The molecular weight excluding hydrogens is 196 g/mol. The summed E-state index contributed by atoms with van der Waals surface area (Å²) in [6, 6.07) is 1.50. The first kappa shape index (κ1) is 11.6. The molecule has 1 aromatic rings. The number of H-pyrrole nitrogens is 1. The normalized spacial score (nSPS) is 11.5. The smallest absolute Gasteiger partial charge is 0.327 e. The zero-order valence-corrected chi connectivity index (χ0v) is 9.46. The molecule has 0 bridgehead atoms. The van der Waals surface area contributed by atoms with Gasteiger partial charge in [-0.05, 0) is 0 Å². The predicted octanol–water partition coefficient (Wildman–Crippen LogP) is 0.647. The van der Waals surface area contributed by atoms with Gasteiger partial charge >= 0.3 is 5.97 Å². The molecule has 0 unspecified atom stereocenters. The second-order valence-corrected chi connectivity index (χ2v) is 4.42. The first-order valence-electron chi connectivity index (χ1n) is 4.71. The van der Waals surface area contributed by atoms with E-state index >= 15 is 0 Å². The van der Waals surface area contributed by atoms with Crippen LogP contribution in [0.3, 0.4) is 0 Å². The summed E-state index contributed by atoms with van der Waals surface area (Å²) in [7, 11) is 1.29. The Morgan fingerprint density at radius 3 is 2.53 bits per heavy atom. The summed E-state index contributed by atoms with van der Waals surface area (Å²) < 4.78 is 5.73. The zero-order chi connectivity index (χ0) is 11.6. The Morgan fingerprint density at radius 2 is 2.13 bits per heavy atom. The molecule has 0 amide bonds. The van der Waals surface area contributed by atoms with Crippen molar-refractivity contribution in [2.45, 2.75) is 32.7 Å². The Labute approximate surface area is 88.0 Å². The number of methoxy groups -OCH3 is 1. The lowest BCUT2D eigenvalue weighted by Gasteiger charge is -2.15. The van der Waals surface area contributed by atoms with Crippen molar-refractivity contribution in [2.24, 2.45) is 0 Å². The third-order valence-corrected chi connectivity index (χ3v) is 2.11. The van der Waals surface area contributed by atoms with Crippen molar-refractivity contribution in [3.63, 3.8) is 0 Å². The molecule has 0 atom stereocenters. The molecular formula is C10H16N2O3. The van der Waals surface area contributed by atoms with E-state index in [1.165, 1.54) is 17.9 Å². The summed E-state index contributed by atoms with van der Waals surface area (Å²) in [6.07, 6.45) is 0. The Kier molecular flexibility index (Phi) is 3.02. The topological polar surface area (TPSA) is 64.1 Å². The molecule has 1 rings (SSSR count). The van der Waals surface area contributed by atoms with Gasteiger partial charge in [0.25, 0.3) is 5.56 Å². The molecule has 1 aromatic heterocycles. The second-order valence-electron chi connectivity index (χ2n) is 4.42. The number of aromatic nitrogens is 2. The number of rotatable bonds is 2. The molecule has 0 spiro atoms. The van der Waals surface area contributed by atoms with Gasteiger partial charge in [0, 0.05) is 17.2 Å². The highest BCUT2D eigenvalue weighted by molar-refractivity contribution is 5.68. The van der Waals surface area contributed by atoms with Crippen LogP contribution in [0.25, 0.3) is 0 Å². The summed E-state index contributed by atoms with van der Waals surface area (Å²) >= 11 is 0. The Morgan fingerprint density at radius 1 is 1.53 bits per heavy atom. The van der Waals surface area contributed by atoms with E-state index < -0.39 is 5.97 Å². The molecule has 0 aliphatic rings. The van der Waals surface area contributed by atoms with Crippen molar-refractivity contribution >= 4 is 5.97 Å². The number of aromatic amines is 1. The largest absolute Gasteiger partial charge is 0.468 e. The SMILES string of the molecule is COC(=O)Cn1[nH]c(C(C)(C)C)cc1=O. The minimum atomic E-state index is -0.445. The number of carbonyl (C=O) groups excluding carboxylic acids is 1. The Hall–Kier alpha value is -1.52. The fourth-order valence-corrected chi connectivity index (χ4v) is 1.13. The second kappa shape index (κ2) is 3.92. The molecule has 0 aliphatic carbocycles. The standard InChI is InChI=1S/C10H16N2O3/c1-10(2,3)7-5-8(13)12(11-7)6-9(14)15-4/h5,11H,6H2,1-4H3. The molecule has 1 heterocycles. The Bertz CT molecular complexity index is 409. The van der Waals surface area contributed by atoms with Crippen LogP contribution >= 0.6 is 0 Å². The summed E-state index contributed by atoms with van der Waals surface area (Å²) in [5.74, 6) is -0.445. The van der Waals surface area contributed by atoms with Gasteiger partial charge in [0.1, 0.15) is 6.54 Å². The molecule has 0 fully saturated rings. The van der Waals surface area contributed by atoms with Gasteiger partial charge in [0.05, 0.1) is 7.11 Å². The molecule has 0 radical (unpaired) electrons. The third kappa shape index (κ3) is 2.71.